The van der Waals surface area contributed by atoms with E-state index in [1.807, 2.05) is 6.92 Å². The maximum Gasteiger partial charge on any atom is 0.127 e. The molecule has 0 aliphatic carbocycles. The second-order valence-electron chi connectivity index (χ2n) is 4.01. The number of nitrogens with zero attached hydrogens (tertiary/aromatic N) is 2. The van der Waals surface area contributed by atoms with Crippen molar-refractivity contribution in [1.82, 2.24) is 9.97 Å². The second kappa shape index (κ2) is 4.68. The molecule has 86 valence electrons. The van der Waals surface area contributed by atoms with Crippen molar-refractivity contribution in [3.05, 3.63) is 23.0 Å². The van der Waals surface area contributed by atoms with Crippen LogP contribution in [0.2, 0.25) is 0 Å². The lowest BCUT2D eigenvalue weighted by molar-refractivity contribution is 0.722. The van der Waals surface area contributed by atoms with Gasteiger partial charge in [-0.1, -0.05) is 13.8 Å². The van der Waals surface area contributed by atoms with Gasteiger partial charge in [0.15, 0.2) is 0 Å². The lowest BCUT2D eigenvalue weighted by Crippen LogP contribution is -2.07. The van der Waals surface area contributed by atoms with Gasteiger partial charge in [-0.05, 0) is 19.4 Å². The first-order valence-corrected chi connectivity index (χ1v) is 6.76. The van der Waals surface area contributed by atoms with Gasteiger partial charge >= 0.3 is 0 Å². The summed E-state index contributed by atoms with van der Waals surface area (Å²) in [4.78, 5) is 11.1. The van der Waals surface area contributed by atoms with Crippen LogP contribution in [0.1, 0.15) is 37.3 Å². The molecule has 0 bridgehead atoms. The molecule has 2 unspecified atom stereocenters. The van der Waals surface area contributed by atoms with Gasteiger partial charge in [0.2, 0.25) is 0 Å². The van der Waals surface area contributed by atoms with Crippen molar-refractivity contribution in [3.8, 4) is 0 Å². The van der Waals surface area contributed by atoms with E-state index in [-0.39, 0.29) is 11.3 Å². The van der Waals surface area contributed by atoms with E-state index >= 15 is 0 Å². The first-order chi connectivity index (χ1) is 7.63. The highest BCUT2D eigenvalue weighted by molar-refractivity contribution is 7.18. The van der Waals surface area contributed by atoms with Crippen molar-refractivity contribution in [2.75, 3.05) is 0 Å². The zero-order valence-corrected chi connectivity index (χ0v) is 11.3. The van der Waals surface area contributed by atoms with Crippen LogP contribution in [0.5, 0.6) is 0 Å². The summed E-state index contributed by atoms with van der Waals surface area (Å²) in [6, 6.07) is 2.20. The minimum absolute atomic E-state index is 0.0862. The van der Waals surface area contributed by atoms with E-state index < -0.39 is 0 Å². The topological polar surface area (TPSA) is 25.8 Å². The SMILES string of the molecule is CCc1cc2c(C(C)C(C)Cl)ncnc2s1. The van der Waals surface area contributed by atoms with Gasteiger partial charge in [0.25, 0.3) is 0 Å². The Labute approximate surface area is 105 Å². The zero-order valence-electron chi connectivity index (χ0n) is 9.70. The fourth-order valence-corrected chi connectivity index (χ4v) is 2.74. The molecule has 2 nitrogen and oxygen atoms in total. The quantitative estimate of drug-likeness (QED) is 0.775. The Balaban J connectivity index is 2.56. The van der Waals surface area contributed by atoms with Gasteiger partial charge in [-0.25, -0.2) is 9.97 Å². The van der Waals surface area contributed by atoms with Crippen molar-refractivity contribution in [3.63, 3.8) is 0 Å². The van der Waals surface area contributed by atoms with Gasteiger partial charge in [-0.2, -0.15) is 0 Å². The monoisotopic (exact) mass is 254 g/mol. The summed E-state index contributed by atoms with van der Waals surface area (Å²) in [5.41, 5.74) is 1.07. The molecule has 0 aliphatic rings. The maximum atomic E-state index is 6.15. The number of aromatic nitrogens is 2. The Hall–Kier alpha value is -0.670. The molecule has 0 saturated heterocycles. The predicted octanol–water partition coefficient (Wildman–Crippen LogP) is 3.98. The number of hydrogen-bond acceptors (Lipinski definition) is 3. The number of halogens is 1. The number of aryl methyl sites for hydroxylation is 1. The van der Waals surface area contributed by atoms with Crippen molar-refractivity contribution in [2.45, 2.75) is 38.5 Å². The summed E-state index contributed by atoms with van der Waals surface area (Å²) in [6.45, 7) is 6.28. The summed E-state index contributed by atoms with van der Waals surface area (Å²) in [7, 11) is 0. The van der Waals surface area contributed by atoms with Crippen LogP contribution in [0, 0.1) is 0 Å². The zero-order chi connectivity index (χ0) is 11.7. The Morgan fingerprint density at radius 3 is 2.75 bits per heavy atom. The number of thiophene rings is 1. The fourth-order valence-electron chi connectivity index (χ4n) is 1.68. The summed E-state index contributed by atoms with van der Waals surface area (Å²) in [5.74, 6) is 0.256. The van der Waals surface area contributed by atoms with Crippen LogP contribution in [-0.2, 0) is 6.42 Å². The molecule has 2 atom stereocenters. The van der Waals surface area contributed by atoms with Crippen LogP contribution >= 0.6 is 22.9 Å². The molecule has 0 radical (unpaired) electrons. The highest BCUT2D eigenvalue weighted by Crippen LogP contribution is 2.31. The Kier molecular flexibility index (Phi) is 3.45. The third-order valence-electron chi connectivity index (χ3n) is 2.88. The van der Waals surface area contributed by atoms with Crippen LogP contribution in [-0.4, -0.2) is 15.3 Å². The molecule has 0 fully saturated rings. The number of alkyl halides is 1. The van der Waals surface area contributed by atoms with Crippen LogP contribution in [0.4, 0.5) is 0 Å². The van der Waals surface area contributed by atoms with Crippen molar-refractivity contribution in [2.24, 2.45) is 0 Å². The molecule has 0 spiro atoms. The van der Waals surface area contributed by atoms with Gasteiger partial charge in [-0.15, -0.1) is 22.9 Å². The Morgan fingerprint density at radius 2 is 2.12 bits per heavy atom. The average molecular weight is 255 g/mol. The highest BCUT2D eigenvalue weighted by atomic mass is 35.5. The molecule has 2 aromatic heterocycles. The highest BCUT2D eigenvalue weighted by Gasteiger charge is 2.17. The molecular weight excluding hydrogens is 240 g/mol. The summed E-state index contributed by atoms with van der Waals surface area (Å²) < 4.78 is 0. The summed E-state index contributed by atoms with van der Waals surface area (Å²) in [6.07, 6.45) is 2.69. The van der Waals surface area contributed by atoms with E-state index in [4.69, 9.17) is 11.6 Å². The van der Waals surface area contributed by atoms with E-state index in [1.54, 1.807) is 17.7 Å². The lowest BCUT2D eigenvalue weighted by Gasteiger charge is -2.13. The largest absolute Gasteiger partial charge is 0.240 e. The molecule has 2 rings (SSSR count). The third-order valence-corrected chi connectivity index (χ3v) is 4.45. The van der Waals surface area contributed by atoms with Crippen LogP contribution in [0.15, 0.2) is 12.4 Å². The third kappa shape index (κ3) is 2.06. The van der Waals surface area contributed by atoms with E-state index in [2.05, 4.69) is 29.9 Å². The molecule has 0 aliphatic heterocycles. The lowest BCUT2D eigenvalue weighted by atomic mass is 10.0. The first kappa shape index (κ1) is 11.8. The molecule has 0 saturated carbocycles. The summed E-state index contributed by atoms with van der Waals surface area (Å²) in [5, 5.41) is 1.26. The van der Waals surface area contributed by atoms with Gasteiger partial charge < -0.3 is 0 Å². The number of rotatable bonds is 3. The molecule has 16 heavy (non-hydrogen) atoms. The molecule has 2 aromatic rings. The normalized spacial score (nSPS) is 15.2. The molecule has 0 N–H and O–H groups in total. The first-order valence-electron chi connectivity index (χ1n) is 5.50. The van der Waals surface area contributed by atoms with E-state index in [1.165, 1.54) is 10.3 Å². The number of hydrogen-bond donors (Lipinski definition) is 0. The minimum atomic E-state index is 0.0862. The van der Waals surface area contributed by atoms with Crippen LogP contribution < -0.4 is 0 Å². The van der Waals surface area contributed by atoms with Gasteiger partial charge in [0.1, 0.15) is 11.2 Å². The molecular formula is C12H15ClN2S. The smallest absolute Gasteiger partial charge is 0.127 e. The van der Waals surface area contributed by atoms with Crippen molar-refractivity contribution < 1.29 is 0 Å². The van der Waals surface area contributed by atoms with Crippen molar-refractivity contribution in [1.29, 1.82) is 0 Å². The standard InChI is InChI=1S/C12H15ClN2S/c1-4-9-5-10-11(7(2)8(3)13)14-6-15-12(10)16-9/h5-8H,4H2,1-3H3. The Bertz CT molecular complexity index is 493. The molecule has 2 heterocycles. The predicted molar refractivity (Wildman–Crippen MR) is 70.5 cm³/mol. The van der Waals surface area contributed by atoms with Gasteiger partial charge in [0.05, 0.1) is 5.69 Å². The van der Waals surface area contributed by atoms with Gasteiger partial charge in [0, 0.05) is 21.6 Å². The van der Waals surface area contributed by atoms with Crippen LogP contribution in [0.3, 0.4) is 0 Å². The molecule has 0 aromatic carbocycles. The maximum absolute atomic E-state index is 6.15. The molecule has 0 amide bonds. The van der Waals surface area contributed by atoms with E-state index in [9.17, 15) is 0 Å². The van der Waals surface area contributed by atoms with Crippen LogP contribution in [0.25, 0.3) is 10.2 Å². The average Bonchev–Trinajstić information content (AvgIpc) is 2.70. The number of fused-ring (bicyclic) bond motifs is 1. The minimum Gasteiger partial charge on any atom is -0.240 e. The molecule has 4 heteroatoms. The van der Waals surface area contributed by atoms with Crippen molar-refractivity contribution >= 4 is 33.2 Å². The van der Waals surface area contributed by atoms with E-state index in [0.29, 0.717) is 0 Å². The fraction of sp³-hybridized carbons (Fsp3) is 0.500. The Morgan fingerprint density at radius 1 is 1.38 bits per heavy atom. The second-order valence-corrected chi connectivity index (χ2v) is 5.81. The summed E-state index contributed by atoms with van der Waals surface area (Å²) >= 11 is 7.89. The van der Waals surface area contributed by atoms with E-state index in [0.717, 1.165) is 16.9 Å². The van der Waals surface area contributed by atoms with Gasteiger partial charge in [-0.3, -0.25) is 0 Å².